The first-order valence-corrected chi connectivity index (χ1v) is 8.69. The molecule has 1 atom stereocenters. The predicted octanol–water partition coefficient (Wildman–Crippen LogP) is 2.81. The minimum absolute atomic E-state index is 0.0346. The molecule has 130 valence electrons. The SMILES string of the molecule is CC(N)CCNC(=O)CCc1nc2ccccc2n1-c1ccccc1. The van der Waals surface area contributed by atoms with Crippen LogP contribution in [0.5, 0.6) is 0 Å². The molecule has 0 bridgehead atoms. The van der Waals surface area contributed by atoms with Crippen molar-refractivity contribution in [2.24, 2.45) is 5.73 Å². The number of hydrogen-bond donors (Lipinski definition) is 2. The number of hydrogen-bond acceptors (Lipinski definition) is 3. The van der Waals surface area contributed by atoms with Crippen molar-refractivity contribution in [2.75, 3.05) is 6.54 Å². The molecule has 5 nitrogen and oxygen atoms in total. The van der Waals surface area contributed by atoms with Crippen molar-refractivity contribution in [1.29, 1.82) is 0 Å². The molecule has 0 aliphatic heterocycles. The number of nitrogens with one attached hydrogen (secondary N) is 1. The molecule has 0 saturated carbocycles. The highest BCUT2D eigenvalue weighted by atomic mass is 16.1. The number of nitrogens with zero attached hydrogens (tertiary/aromatic N) is 2. The molecule has 2 aromatic carbocycles. The van der Waals surface area contributed by atoms with Crippen molar-refractivity contribution in [3.05, 3.63) is 60.4 Å². The quantitative estimate of drug-likeness (QED) is 0.697. The summed E-state index contributed by atoms with van der Waals surface area (Å²) in [6.45, 7) is 2.56. The molecule has 0 radical (unpaired) electrons. The third-order valence-corrected chi connectivity index (χ3v) is 4.14. The Morgan fingerprint density at radius 2 is 1.88 bits per heavy atom. The van der Waals surface area contributed by atoms with Crippen molar-refractivity contribution in [1.82, 2.24) is 14.9 Å². The van der Waals surface area contributed by atoms with E-state index >= 15 is 0 Å². The fourth-order valence-electron chi connectivity index (χ4n) is 2.86. The first-order valence-electron chi connectivity index (χ1n) is 8.69. The average molecular weight is 336 g/mol. The molecule has 0 fully saturated rings. The van der Waals surface area contributed by atoms with Gasteiger partial charge in [0.1, 0.15) is 5.82 Å². The van der Waals surface area contributed by atoms with E-state index in [0.717, 1.165) is 29.0 Å². The van der Waals surface area contributed by atoms with Gasteiger partial charge in [0.15, 0.2) is 0 Å². The monoisotopic (exact) mass is 336 g/mol. The van der Waals surface area contributed by atoms with E-state index in [4.69, 9.17) is 10.7 Å². The van der Waals surface area contributed by atoms with Crippen LogP contribution >= 0.6 is 0 Å². The molecule has 0 spiro atoms. The number of fused-ring (bicyclic) bond motifs is 1. The number of rotatable bonds is 7. The molecule has 3 rings (SSSR count). The van der Waals surface area contributed by atoms with Crippen LogP contribution in [0.3, 0.4) is 0 Å². The molecule has 1 unspecified atom stereocenters. The van der Waals surface area contributed by atoms with E-state index in [-0.39, 0.29) is 11.9 Å². The summed E-state index contributed by atoms with van der Waals surface area (Å²) < 4.78 is 2.13. The molecule has 3 aromatic rings. The van der Waals surface area contributed by atoms with Gasteiger partial charge in [0.05, 0.1) is 11.0 Å². The Morgan fingerprint density at radius 3 is 2.64 bits per heavy atom. The van der Waals surface area contributed by atoms with Gasteiger partial charge in [0.25, 0.3) is 0 Å². The zero-order valence-electron chi connectivity index (χ0n) is 14.5. The smallest absolute Gasteiger partial charge is 0.220 e. The van der Waals surface area contributed by atoms with Crippen molar-refractivity contribution in [3.63, 3.8) is 0 Å². The summed E-state index contributed by atoms with van der Waals surface area (Å²) in [5, 5.41) is 2.92. The molecular formula is C20H24N4O. The molecule has 5 heteroatoms. The van der Waals surface area contributed by atoms with Gasteiger partial charge in [-0.15, -0.1) is 0 Å². The van der Waals surface area contributed by atoms with Crippen LogP contribution in [0.15, 0.2) is 54.6 Å². The molecule has 25 heavy (non-hydrogen) atoms. The molecule has 1 heterocycles. The molecular weight excluding hydrogens is 312 g/mol. The van der Waals surface area contributed by atoms with Crippen molar-refractivity contribution in [2.45, 2.75) is 32.2 Å². The normalized spacial score (nSPS) is 12.2. The topological polar surface area (TPSA) is 72.9 Å². The van der Waals surface area contributed by atoms with E-state index in [2.05, 4.69) is 28.1 Å². The molecule has 3 N–H and O–H groups in total. The van der Waals surface area contributed by atoms with Crippen molar-refractivity contribution in [3.8, 4) is 5.69 Å². The Labute approximate surface area is 147 Å². The van der Waals surface area contributed by atoms with Crippen LogP contribution in [0.25, 0.3) is 16.7 Å². The lowest BCUT2D eigenvalue weighted by molar-refractivity contribution is -0.121. The Bertz CT molecular complexity index is 839. The number of benzene rings is 2. The summed E-state index contributed by atoms with van der Waals surface area (Å²) in [4.78, 5) is 16.8. The molecule has 0 saturated heterocycles. The number of amides is 1. The standard InChI is InChI=1S/C20H24N4O/c1-15(21)13-14-22-20(25)12-11-19-23-17-9-5-6-10-18(17)24(19)16-7-3-2-4-8-16/h2-10,15H,11-14,21H2,1H3,(H,22,25). The average Bonchev–Trinajstić information content (AvgIpc) is 2.99. The van der Waals surface area contributed by atoms with Gasteiger partial charge >= 0.3 is 0 Å². The third kappa shape index (κ3) is 4.25. The minimum Gasteiger partial charge on any atom is -0.356 e. The van der Waals surface area contributed by atoms with E-state index in [1.54, 1.807) is 0 Å². The first-order chi connectivity index (χ1) is 12.1. The number of nitrogens with two attached hydrogens (primary N) is 1. The van der Waals surface area contributed by atoms with Gasteiger partial charge in [-0.25, -0.2) is 4.98 Å². The largest absolute Gasteiger partial charge is 0.356 e. The van der Waals surface area contributed by atoms with E-state index in [1.807, 2.05) is 43.3 Å². The van der Waals surface area contributed by atoms with Crippen LogP contribution < -0.4 is 11.1 Å². The van der Waals surface area contributed by atoms with E-state index < -0.39 is 0 Å². The molecule has 1 amide bonds. The second-order valence-corrected chi connectivity index (χ2v) is 6.30. The van der Waals surface area contributed by atoms with Crippen LogP contribution in [0.2, 0.25) is 0 Å². The minimum atomic E-state index is 0.0346. The number of imidazole rings is 1. The maximum Gasteiger partial charge on any atom is 0.220 e. The first kappa shape index (κ1) is 17.2. The number of carbonyl (C=O) groups excluding carboxylic acids is 1. The molecule has 1 aromatic heterocycles. The Hall–Kier alpha value is -2.66. The number of para-hydroxylation sites is 3. The van der Waals surface area contributed by atoms with Gasteiger partial charge in [-0.2, -0.15) is 0 Å². The lowest BCUT2D eigenvalue weighted by Gasteiger charge is -2.10. The maximum absolute atomic E-state index is 12.1. The van der Waals surface area contributed by atoms with Gasteiger partial charge in [-0.05, 0) is 37.6 Å². The maximum atomic E-state index is 12.1. The lowest BCUT2D eigenvalue weighted by Crippen LogP contribution is -2.29. The predicted molar refractivity (Wildman–Crippen MR) is 101 cm³/mol. The number of aromatic nitrogens is 2. The van der Waals surface area contributed by atoms with Crippen LogP contribution in [-0.4, -0.2) is 28.0 Å². The van der Waals surface area contributed by atoms with Crippen molar-refractivity contribution >= 4 is 16.9 Å². The van der Waals surface area contributed by atoms with Gasteiger partial charge < -0.3 is 11.1 Å². The van der Waals surface area contributed by atoms with Gasteiger partial charge in [-0.3, -0.25) is 9.36 Å². The highest BCUT2D eigenvalue weighted by Gasteiger charge is 2.13. The highest BCUT2D eigenvalue weighted by molar-refractivity contribution is 5.79. The highest BCUT2D eigenvalue weighted by Crippen LogP contribution is 2.22. The fraction of sp³-hybridized carbons (Fsp3) is 0.300. The summed E-state index contributed by atoms with van der Waals surface area (Å²) in [5.41, 5.74) is 8.76. The Morgan fingerprint density at radius 1 is 1.16 bits per heavy atom. The van der Waals surface area contributed by atoms with Gasteiger partial charge in [-0.1, -0.05) is 30.3 Å². The van der Waals surface area contributed by atoms with E-state index in [0.29, 0.717) is 19.4 Å². The number of aryl methyl sites for hydroxylation is 1. The van der Waals surface area contributed by atoms with E-state index in [9.17, 15) is 4.79 Å². The van der Waals surface area contributed by atoms with Gasteiger partial charge in [0, 0.05) is 31.1 Å². The van der Waals surface area contributed by atoms with Crippen LogP contribution in [-0.2, 0) is 11.2 Å². The van der Waals surface area contributed by atoms with Crippen LogP contribution in [0.1, 0.15) is 25.6 Å². The Kier molecular flexibility index (Phi) is 5.46. The summed E-state index contributed by atoms with van der Waals surface area (Å²) in [7, 11) is 0. The second kappa shape index (κ2) is 7.94. The summed E-state index contributed by atoms with van der Waals surface area (Å²) in [6, 6.07) is 18.3. The summed E-state index contributed by atoms with van der Waals surface area (Å²) in [5.74, 6) is 0.932. The molecule has 0 aliphatic rings. The van der Waals surface area contributed by atoms with Gasteiger partial charge in [0.2, 0.25) is 5.91 Å². The molecule has 0 aliphatic carbocycles. The second-order valence-electron chi connectivity index (χ2n) is 6.30. The van der Waals surface area contributed by atoms with Crippen LogP contribution in [0, 0.1) is 0 Å². The zero-order chi connectivity index (χ0) is 17.6. The summed E-state index contributed by atoms with van der Waals surface area (Å²) in [6.07, 6.45) is 1.79. The van der Waals surface area contributed by atoms with Crippen LogP contribution in [0.4, 0.5) is 0 Å². The number of carbonyl (C=O) groups is 1. The van der Waals surface area contributed by atoms with E-state index in [1.165, 1.54) is 0 Å². The zero-order valence-corrected chi connectivity index (χ0v) is 14.5. The summed E-state index contributed by atoms with van der Waals surface area (Å²) >= 11 is 0. The fourth-order valence-corrected chi connectivity index (χ4v) is 2.86. The lowest BCUT2D eigenvalue weighted by atomic mass is 10.2. The Balaban J connectivity index is 1.78. The third-order valence-electron chi connectivity index (χ3n) is 4.14. The van der Waals surface area contributed by atoms with Crippen molar-refractivity contribution < 1.29 is 4.79 Å².